The molecule has 2 aliphatic heterocycles. The molecule has 3 heteroatoms. The standard InChI is InChI=1S/C12H14N2O/c1-2-10-11(13-5-1)14-8-12(3-4-12)6-9(14)7-15-10/h1-2,5,9H,3-4,6-8H2/t9-/m1/s1. The predicted molar refractivity (Wildman–Crippen MR) is 57.2 cm³/mol. The summed E-state index contributed by atoms with van der Waals surface area (Å²) in [6, 6.07) is 4.55. The van der Waals surface area contributed by atoms with Gasteiger partial charge in [-0.05, 0) is 36.8 Å². The molecule has 1 saturated heterocycles. The van der Waals surface area contributed by atoms with Crippen molar-refractivity contribution in [3.63, 3.8) is 0 Å². The summed E-state index contributed by atoms with van der Waals surface area (Å²) in [6.07, 6.45) is 5.98. The second-order valence-electron chi connectivity index (χ2n) is 5.12. The average Bonchev–Trinajstić information content (AvgIpc) is 2.90. The molecule has 1 spiro atoms. The fourth-order valence-corrected chi connectivity index (χ4v) is 3.00. The number of hydrogen-bond donors (Lipinski definition) is 0. The van der Waals surface area contributed by atoms with Gasteiger partial charge >= 0.3 is 0 Å². The molecule has 0 bridgehead atoms. The molecule has 2 fully saturated rings. The Hall–Kier alpha value is -1.25. The molecule has 15 heavy (non-hydrogen) atoms. The monoisotopic (exact) mass is 202 g/mol. The van der Waals surface area contributed by atoms with Gasteiger partial charge in [-0.2, -0.15) is 0 Å². The molecule has 1 aromatic heterocycles. The highest BCUT2D eigenvalue weighted by atomic mass is 16.5. The van der Waals surface area contributed by atoms with Crippen LogP contribution >= 0.6 is 0 Å². The van der Waals surface area contributed by atoms with Crippen LogP contribution in [0.2, 0.25) is 0 Å². The first-order chi connectivity index (χ1) is 7.36. The van der Waals surface area contributed by atoms with E-state index in [0.717, 1.165) is 18.2 Å². The number of fused-ring (bicyclic) bond motifs is 3. The second kappa shape index (κ2) is 2.46. The minimum atomic E-state index is 0.579. The Balaban J connectivity index is 1.77. The highest BCUT2D eigenvalue weighted by molar-refractivity contribution is 5.56. The van der Waals surface area contributed by atoms with Crippen LogP contribution in [-0.4, -0.2) is 24.2 Å². The highest BCUT2D eigenvalue weighted by Crippen LogP contribution is 2.56. The van der Waals surface area contributed by atoms with Gasteiger partial charge in [0.2, 0.25) is 0 Å². The van der Waals surface area contributed by atoms with Crippen molar-refractivity contribution in [2.75, 3.05) is 18.1 Å². The Morgan fingerprint density at radius 3 is 3.27 bits per heavy atom. The summed E-state index contributed by atoms with van der Waals surface area (Å²) in [4.78, 5) is 6.92. The quantitative estimate of drug-likeness (QED) is 0.641. The van der Waals surface area contributed by atoms with E-state index >= 15 is 0 Å². The molecule has 1 aliphatic carbocycles. The summed E-state index contributed by atoms with van der Waals surface area (Å²) in [7, 11) is 0. The van der Waals surface area contributed by atoms with Crippen molar-refractivity contribution in [3.05, 3.63) is 18.3 Å². The van der Waals surface area contributed by atoms with Crippen LogP contribution in [0.25, 0.3) is 0 Å². The first-order valence-electron chi connectivity index (χ1n) is 5.71. The fourth-order valence-electron chi connectivity index (χ4n) is 3.00. The van der Waals surface area contributed by atoms with Crippen LogP contribution in [0.1, 0.15) is 19.3 Å². The molecule has 0 N–H and O–H groups in total. The van der Waals surface area contributed by atoms with Crippen LogP contribution in [0.15, 0.2) is 18.3 Å². The Kier molecular flexibility index (Phi) is 1.31. The van der Waals surface area contributed by atoms with E-state index in [1.807, 2.05) is 18.3 Å². The molecule has 1 aromatic rings. The van der Waals surface area contributed by atoms with E-state index in [-0.39, 0.29) is 0 Å². The van der Waals surface area contributed by atoms with E-state index in [0.29, 0.717) is 11.5 Å². The lowest BCUT2D eigenvalue weighted by Crippen LogP contribution is -2.38. The van der Waals surface area contributed by atoms with Gasteiger partial charge in [0, 0.05) is 12.7 Å². The van der Waals surface area contributed by atoms with Crippen LogP contribution in [-0.2, 0) is 0 Å². The summed E-state index contributed by atoms with van der Waals surface area (Å²) in [5.74, 6) is 2.03. The van der Waals surface area contributed by atoms with Crippen LogP contribution in [0.5, 0.6) is 5.75 Å². The normalized spacial score (nSPS) is 29.6. The minimum absolute atomic E-state index is 0.579. The van der Waals surface area contributed by atoms with Gasteiger partial charge in [0.05, 0.1) is 6.04 Å². The zero-order chi connectivity index (χ0) is 9.88. The van der Waals surface area contributed by atoms with Crippen molar-refractivity contribution in [2.45, 2.75) is 25.3 Å². The van der Waals surface area contributed by atoms with Crippen molar-refractivity contribution in [1.82, 2.24) is 4.98 Å². The summed E-state index contributed by atoms with van der Waals surface area (Å²) >= 11 is 0. The molecule has 4 rings (SSSR count). The van der Waals surface area contributed by atoms with E-state index in [1.165, 1.54) is 25.8 Å². The van der Waals surface area contributed by atoms with Gasteiger partial charge in [-0.3, -0.25) is 0 Å². The van der Waals surface area contributed by atoms with E-state index < -0.39 is 0 Å². The maximum Gasteiger partial charge on any atom is 0.171 e. The molecular formula is C12H14N2O. The highest BCUT2D eigenvalue weighted by Gasteiger charge is 2.53. The smallest absolute Gasteiger partial charge is 0.171 e. The first kappa shape index (κ1) is 7.97. The average molecular weight is 202 g/mol. The molecular weight excluding hydrogens is 188 g/mol. The van der Waals surface area contributed by atoms with Gasteiger partial charge < -0.3 is 9.64 Å². The van der Waals surface area contributed by atoms with Gasteiger partial charge in [-0.15, -0.1) is 0 Å². The number of hydrogen-bond acceptors (Lipinski definition) is 3. The van der Waals surface area contributed by atoms with Gasteiger partial charge in [0.1, 0.15) is 6.61 Å². The second-order valence-corrected chi connectivity index (χ2v) is 5.12. The molecule has 0 amide bonds. The Morgan fingerprint density at radius 2 is 2.40 bits per heavy atom. The summed E-state index contributed by atoms with van der Waals surface area (Å²) in [5.41, 5.74) is 0.632. The SMILES string of the molecule is c1cnc2c(c1)OC[C@H]1CC3(CC3)CN21. The summed E-state index contributed by atoms with van der Waals surface area (Å²) in [5, 5.41) is 0. The van der Waals surface area contributed by atoms with Gasteiger partial charge in [-0.1, -0.05) is 0 Å². The third kappa shape index (κ3) is 1.03. The van der Waals surface area contributed by atoms with Crippen molar-refractivity contribution < 1.29 is 4.74 Å². The van der Waals surface area contributed by atoms with Gasteiger partial charge in [0.25, 0.3) is 0 Å². The molecule has 1 atom stereocenters. The van der Waals surface area contributed by atoms with Gasteiger partial charge in [-0.25, -0.2) is 4.98 Å². The third-order valence-corrected chi connectivity index (χ3v) is 4.03. The summed E-state index contributed by atoms with van der Waals surface area (Å²) < 4.78 is 5.75. The summed E-state index contributed by atoms with van der Waals surface area (Å²) in [6.45, 7) is 2.05. The fraction of sp³-hybridized carbons (Fsp3) is 0.583. The maximum absolute atomic E-state index is 5.75. The van der Waals surface area contributed by atoms with Crippen LogP contribution in [0.3, 0.4) is 0 Å². The molecule has 0 radical (unpaired) electrons. The van der Waals surface area contributed by atoms with Crippen LogP contribution in [0, 0.1) is 5.41 Å². The lowest BCUT2D eigenvalue weighted by molar-refractivity contribution is 0.266. The van der Waals surface area contributed by atoms with Crippen molar-refractivity contribution in [3.8, 4) is 5.75 Å². The topological polar surface area (TPSA) is 25.4 Å². The molecule has 3 nitrogen and oxygen atoms in total. The minimum Gasteiger partial charge on any atom is -0.488 e. The maximum atomic E-state index is 5.75. The van der Waals surface area contributed by atoms with Crippen molar-refractivity contribution in [2.24, 2.45) is 5.41 Å². The number of nitrogens with zero attached hydrogens (tertiary/aromatic N) is 2. The lowest BCUT2D eigenvalue weighted by Gasteiger charge is -2.31. The number of aromatic nitrogens is 1. The third-order valence-electron chi connectivity index (χ3n) is 4.03. The number of pyridine rings is 1. The molecule has 0 unspecified atom stereocenters. The molecule has 3 heterocycles. The van der Waals surface area contributed by atoms with Gasteiger partial charge in [0.15, 0.2) is 11.6 Å². The molecule has 3 aliphatic rings. The predicted octanol–water partition coefficient (Wildman–Crippen LogP) is 1.83. The number of ether oxygens (including phenoxy) is 1. The van der Waals surface area contributed by atoms with Crippen molar-refractivity contribution in [1.29, 1.82) is 0 Å². The molecule has 1 saturated carbocycles. The van der Waals surface area contributed by atoms with E-state index in [1.54, 1.807) is 0 Å². The number of anilines is 1. The molecule has 0 aromatic carbocycles. The van der Waals surface area contributed by atoms with Crippen LogP contribution < -0.4 is 9.64 Å². The lowest BCUT2D eigenvalue weighted by atomic mass is 10.0. The Labute approximate surface area is 89.1 Å². The van der Waals surface area contributed by atoms with Crippen LogP contribution in [0.4, 0.5) is 5.82 Å². The Morgan fingerprint density at radius 1 is 1.47 bits per heavy atom. The van der Waals surface area contributed by atoms with E-state index in [2.05, 4.69) is 9.88 Å². The zero-order valence-electron chi connectivity index (χ0n) is 8.65. The molecule has 78 valence electrons. The zero-order valence-corrected chi connectivity index (χ0v) is 8.65. The number of rotatable bonds is 0. The largest absolute Gasteiger partial charge is 0.488 e. The van der Waals surface area contributed by atoms with Crippen molar-refractivity contribution >= 4 is 5.82 Å². The first-order valence-corrected chi connectivity index (χ1v) is 5.71. The Bertz CT molecular complexity index is 414. The van der Waals surface area contributed by atoms with E-state index in [4.69, 9.17) is 4.74 Å². The van der Waals surface area contributed by atoms with E-state index in [9.17, 15) is 0 Å².